The average Bonchev–Trinajstić information content (AvgIpc) is 2.76. The summed E-state index contributed by atoms with van der Waals surface area (Å²) in [7, 11) is 1.82. The second-order valence-electron chi connectivity index (χ2n) is 8.55. The van der Waals surface area contributed by atoms with Crippen LogP contribution in [0.4, 0.5) is 5.82 Å². The lowest BCUT2D eigenvalue weighted by Gasteiger charge is -2.29. The summed E-state index contributed by atoms with van der Waals surface area (Å²) in [5.74, 6) is 1.73. The summed E-state index contributed by atoms with van der Waals surface area (Å²) in [6.07, 6.45) is 0. The van der Waals surface area contributed by atoms with Crippen LogP contribution in [-0.4, -0.2) is 60.7 Å². The standard InChI is InChI=1S/C23H32N4O2S/c1-6-26(5)21(28)18-9-7-8-17(14-18)16-30-22-24-19(23(2,3)4)15-20(25-22)27-10-12-29-13-11-27/h7-9,14-15H,6,10-13,16H2,1-5H3. The highest BCUT2D eigenvalue weighted by atomic mass is 32.2. The van der Waals surface area contributed by atoms with Gasteiger partial charge >= 0.3 is 0 Å². The quantitative estimate of drug-likeness (QED) is 0.512. The minimum absolute atomic E-state index is 0.0462. The number of benzene rings is 1. The minimum atomic E-state index is -0.0592. The molecule has 0 atom stereocenters. The second kappa shape index (κ2) is 9.79. The van der Waals surface area contributed by atoms with E-state index < -0.39 is 0 Å². The predicted molar refractivity (Wildman–Crippen MR) is 122 cm³/mol. The number of anilines is 1. The molecule has 1 amide bonds. The smallest absolute Gasteiger partial charge is 0.253 e. The Morgan fingerprint density at radius 2 is 1.93 bits per heavy atom. The molecular weight excluding hydrogens is 396 g/mol. The van der Waals surface area contributed by atoms with Gasteiger partial charge in [0.15, 0.2) is 5.16 Å². The van der Waals surface area contributed by atoms with Gasteiger partial charge in [-0.15, -0.1) is 0 Å². The van der Waals surface area contributed by atoms with Crippen LogP contribution in [0.15, 0.2) is 35.5 Å². The molecule has 2 aromatic rings. The number of carbonyl (C=O) groups excluding carboxylic acids is 1. The molecule has 6 nitrogen and oxygen atoms in total. The van der Waals surface area contributed by atoms with Crippen molar-refractivity contribution in [2.24, 2.45) is 0 Å². The molecule has 0 bridgehead atoms. The van der Waals surface area contributed by atoms with Crippen molar-refractivity contribution >= 4 is 23.5 Å². The van der Waals surface area contributed by atoms with Crippen LogP contribution in [0.1, 0.15) is 49.3 Å². The molecule has 1 aromatic heterocycles. The van der Waals surface area contributed by atoms with Gasteiger partial charge in [0.2, 0.25) is 0 Å². The Morgan fingerprint density at radius 3 is 2.60 bits per heavy atom. The third kappa shape index (κ3) is 5.73. The van der Waals surface area contributed by atoms with Crippen molar-refractivity contribution < 1.29 is 9.53 Å². The van der Waals surface area contributed by atoms with E-state index >= 15 is 0 Å². The first kappa shape index (κ1) is 22.6. The van der Waals surface area contributed by atoms with Crippen LogP contribution in [0, 0.1) is 0 Å². The number of rotatable bonds is 6. The molecule has 1 aromatic carbocycles. The van der Waals surface area contributed by atoms with Gasteiger partial charge in [-0.3, -0.25) is 4.79 Å². The third-order valence-corrected chi connectivity index (χ3v) is 6.08. The maximum absolute atomic E-state index is 12.5. The molecule has 0 radical (unpaired) electrons. The average molecular weight is 429 g/mol. The van der Waals surface area contributed by atoms with E-state index in [1.54, 1.807) is 16.7 Å². The number of amides is 1. The summed E-state index contributed by atoms with van der Waals surface area (Å²) in [6, 6.07) is 9.94. The van der Waals surface area contributed by atoms with E-state index in [4.69, 9.17) is 14.7 Å². The van der Waals surface area contributed by atoms with Crippen LogP contribution in [-0.2, 0) is 15.9 Å². The highest BCUT2D eigenvalue weighted by Gasteiger charge is 2.21. The van der Waals surface area contributed by atoms with Crippen LogP contribution in [0.2, 0.25) is 0 Å². The summed E-state index contributed by atoms with van der Waals surface area (Å²) < 4.78 is 5.49. The molecule has 7 heteroatoms. The summed E-state index contributed by atoms with van der Waals surface area (Å²) in [5, 5.41) is 0.770. The lowest BCUT2D eigenvalue weighted by molar-refractivity contribution is 0.0802. The third-order valence-electron chi connectivity index (χ3n) is 5.16. The van der Waals surface area contributed by atoms with Crippen molar-refractivity contribution in [2.75, 3.05) is 44.8 Å². The molecule has 30 heavy (non-hydrogen) atoms. The van der Waals surface area contributed by atoms with E-state index in [9.17, 15) is 4.79 Å². The van der Waals surface area contributed by atoms with Crippen molar-refractivity contribution in [2.45, 2.75) is 44.0 Å². The minimum Gasteiger partial charge on any atom is -0.378 e. The molecule has 1 aliphatic rings. The molecule has 1 saturated heterocycles. The number of nitrogens with zero attached hydrogens (tertiary/aromatic N) is 4. The van der Waals surface area contributed by atoms with Gasteiger partial charge < -0.3 is 14.5 Å². The fourth-order valence-corrected chi connectivity index (χ4v) is 3.92. The summed E-state index contributed by atoms with van der Waals surface area (Å²) in [5.41, 5.74) is 2.79. The zero-order valence-electron chi connectivity index (χ0n) is 18.6. The molecule has 0 aliphatic carbocycles. The lowest BCUT2D eigenvalue weighted by atomic mass is 9.92. The van der Waals surface area contributed by atoms with Gasteiger partial charge in [0.1, 0.15) is 5.82 Å². The first-order valence-electron chi connectivity index (χ1n) is 10.5. The Hall–Kier alpha value is -2.12. The van der Waals surface area contributed by atoms with E-state index in [-0.39, 0.29) is 11.3 Å². The Balaban J connectivity index is 1.80. The lowest BCUT2D eigenvalue weighted by Crippen LogP contribution is -2.37. The fourth-order valence-electron chi connectivity index (χ4n) is 3.12. The molecule has 3 rings (SSSR count). The van der Waals surface area contributed by atoms with Gasteiger partial charge in [0, 0.05) is 49.5 Å². The van der Waals surface area contributed by atoms with Crippen molar-refractivity contribution in [3.8, 4) is 0 Å². The number of hydrogen-bond donors (Lipinski definition) is 0. The summed E-state index contributed by atoms with van der Waals surface area (Å²) in [6.45, 7) is 12.3. The van der Waals surface area contributed by atoms with E-state index in [1.807, 2.05) is 38.2 Å². The zero-order valence-corrected chi connectivity index (χ0v) is 19.5. The van der Waals surface area contributed by atoms with Gasteiger partial charge in [-0.1, -0.05) is 44.7 Å². The second-order valence-corrected chi connectivity index (χ2v) is 9.49. The van der Waals surface area contributed by atoms with Crippen molar-refractivity contribution in [3.05, 3.63) is 47.2 Å². The van der Waals surface area contributed by atoms with E-state index in [0.29, 0.717) is 12.3 Å². The highest BCUT2D eigenvalue weighted by Crippen LogP contribution is 2.29. The maximum atomic E-state index is 12.5. The molecular formula is C23H32N4O2S. The zero-order chi connectivity index (χ0) is 21.7. The van der Waals surface area contributed by atoms with Crippen LogP contribution in [0.25, 0.3) is 0 Å². The Kier molecular flexibility index (Phi) is 7.36. The van der Waals surface area contributed by atoms with Crippen molar-refractivity contribution in [3.63, 3.8) is 0 Å². The Labute approximate surface area is 184 Å². The molecule has 0 N–H and O–H groups in total. The molecule has 0 spiro atoms. The molecule has 162 valence electrons. The molecule has 0 saturated carbocycles. The number of aromatic nitrogens is 2. The fraction of sp³-hybridized carbons (Fsp3) is 0.522. The van der Waals surface area contributed by atoms with E-state index in [1.165, 1.54) is 0 Å². The number of morpholine rings is 1. The van der Waals surface area contributed by atoms with Crippen LogP contribution in [0.5, 0.6) is 0 Å². The monoisotopic (exact) mass is 428 g/mol. The number of carbonyl (C=O) groups is 1. The normalized spacial score (nSPS) is 14.6. The first-order chi connectivity index (χ1) is 14.3. The predicted octanol–water partition coefficient (Wildman–Crippen LogP) is 3.99. The van der Waals surface area contributed by atoms with Crippen LogP contribution < -0.4 is 4.90 Å². The van der Waals surface area contributed by atoms with E-state index in [2.05, 4.69) is 31.7 Å². The topological polar surface area (TPSA) is 58.6 Å². The molecule has 1 aliphatic heterocycles. The molecule has 1 fully saturated rings. The van der Waals surface area contributed by atoms with Crippen molar-refractivity contribution in [1.82, 2.24) is 14.9 Å². The van der Waals surface area contributed by atoms with Crippen molar-refractivity contribution in [1.29, 1.82) is 0 Å². The van der Waals surface area contributed by atoms with Gasteiger partial charge in [-0.2, -0.15) is 0 Å². The number of hydrogen-bond acceptors (Lipinski definition) is 6. The highest BCUT2D eigenvalue weighted by molar-refractivity contribution is 7.98. The van der Waals surface area contributed by atoms with Gasteiger partial charge in [-0.25, -0.2) is 9.97 Å². The van der Waals surface area contributed by atoms with Gasteiger partial charge in [0.25, 0.3) is 5.91 Å². The molecule has 2 heterocycles. The SMILES string of the molecule is CCN(C)C(=O)c1cccc(CSc2nc(N3CCOCC3)cc(C(C)(C)C)n2)c1. The van der Waals surface area contributed by atoms with Crippen LogP contribution in [0.3, 0.4) is 0 Å². The van der Waals surface area contributed by atoms with Crippen LogP contribution >= 0.6 is 11.8 Å². The Morgan fingerprint density at radius 1 is 1.20 bits per heavy atom. The summed E-state index contributed by atoms with van der Waals surface area (Å²) in [4.78, 5) is 26.1. The number of ether oxygens (including phenoxy) is 1. The maximum Gasteiger partial charge on any atom is 0.253 e. The van der Waals surface area contributed by atoms with Gasteiger partial charge in [-0.05, 0) is 24.6 Å². The van der Waals surface area contributed by atoms with Gasteiger partial charge in [0.05, 0.1) is 18.9 Å². The largest absolute Gasteiger partial charge is 0.378 e. The number of thioether (sulfide) groups is 1. The molecule has 0 unspecified atom stereocenters. The summed E-state index contributed by atoms with van der Waals surface area (Å²) >= 11 is 1.61. The van der Waals surface area contributed by atoms with E-state index in [0.717, 1.165) is 54.1 Å². The first-order valence-corrected chi connectivity index (χ1v) is 11.5. The Bertz CT molecular complexity index is 876.